The number of furan rings is 1. The van der Waals surface area contributed by atoms with Crippen LogP contribution in [0.15, 0.2) is 45.9 Å². The van der Waals surface area contributed by atoms with Crippen LogP contribution >= 0.6 is 0 Å². The molecule has 0 bridgehead atoms. The van der Waals surface area contributed by atoms with E-state index in [0.29, 0.717) is 5.57 Å². The number of carbonyl (C=O) groups is 1. The van der Waals surface area contributed by atoms with E-state index in [0.717, 1.165) is 34.3 Å². The summed E-state index contributed by atoms with van der Waals surface area (Å²) in [4.78, 5) is 10.4. The van der Waals surface area contributed by atoms with Gasteiger partial charge in [-0.15, -0.1) is 0 Å². The van der Waals surface area contributed by atoms with Crippen LogP contribution in [-0.2, 0) is 4.79 Å². The van der Waals surface area contributed by atoms with E-state index in [1.54, 1.807) is 13.0 Å². The Morgan fingerprint density at radius 1 is 1.05 bits per heavy atom. The molecule has 0 aliphatic carbocycles. The topological polar surface area (TPSA) is 53.3 Å². The molecule has 1 aromatic heterocycles. The predicted octanol–water partition coefficient (Wildman–Crippen LogP) is 0.421. The van der Waals surface area contributed by atoms with Crippen molar-refractivity contribution in [1.82, 2.24) is 0 Å². The number of aliphatic carboxylic acids is 1. The first kappa shape index (κ1) is 21.3. The number of hydrogen-bond acceptors (Lipinski definition) is 3. The molecule has 0 N–H and O–H groups in total. The van der Waals surface area contributed by atoms with Gasteiger partial charge >= 0.3 is 51.4 Å². The van der Waals surface area contributed by atoms with E-state index in [-0.39, 0.29) is 51.4 Å². The van der Waals surface area contributed by atoms with Crippen molar-refractivity contribution in [2.24, 2.45) is 0 Å². The fraction of sp³-hybridized carbons (Fsp3) is 0.278. The molecule has 1 heterocycles. The van der Waals surface area contributed by atoms with Gasteiger partial charge in [-0.2, -0.15) is 0 Å². The molecule has 0 saturated heterocycles. The predicted molar refractivity (Wildman–Crippen MR) is 83.6 cm³/mol. The summed E-state index contributed by atoms with van der Waals surface area (Å²) in [6.07, 6.45) is 10.6. The molecule has 1 rings (SSSR count). The summed E-state index contributed by atoms with van der Waals surface area (Å²) in [5.41, 5.74) is 3.96. The van der Waals surface area contributed by atoms with Crippen LogP contribution in [0, 0.1) is 20.8 Å². The van der Waals surface area contributed by atoms with Crippen LogP contribution in [-0.4, -0.2) is 5.97 Å². The molecule has 0 radical (unpaired) electrons. The zero-order valence-corrected chi connectivity index (χ0v) is 17.3. The maximum atomic E-state index is 10.4. The largest absolute Gasteiger partial charge is 1.00 e. The van der Waals surface area contributed by atoms with E-state index in [1.165, 1.54) is 0 Å². The van der Waals surface area contributed by atoms with Crippen molar-refractivity contribution in [3.8, 4) is 0 Å². The average Bonchev–Trinajstić information content (AvgIpc) is 2.60. The number of allylic oxidation sites excluding steroid dienone is 6. The van der Waals surface area contributed by atoms with Crippen LogP contribution in [0.2, 0.25) is 0 Å². The van der Waals surface area contributed by atoms with Crippen molar-refractivity contribution in [3.05, 3.63) is 64.2 Å². The van der Waals surface area contributed by atoms with Crippen LogP contribution < -0.4 is 56.5 Å². The molecule has 112 valence electrons. The zero-order valence-electron chi connectivity index (χ0n) is 14.2. The van der Waals surface area contributed by atoms with Crippen LogP contribution in [0.4, 0.5) is 0 Å². The van der Waals surface area contributed by atoms with Crippen LogP contribution in [0.5, 0.6) is 0 Å². The normalized spacial score (nSPS) is 13.0. The number of carboxylic acid groups (broad SMARTS) is 1. The summed E-state index contributed by atoms with van der Waals surface area (Å²) >= 11 is 0. The summed E-state index contributed by atoms with van der Waals surface area (Å²) in [6, 6.07) is 0. The Balaban J connectivity index is 0.00000441. The van der Waals surface area contributed by atoms with Gasteiger partial charge in [0.2, 0.25) is 0 Å². The number of rotatable bonds is 5. The fourth-order valence-electron chi connectivity index (χ4n) is 1.91. The van der Waals surface area contributed by atoms with Crippen molar-refractivity contribution in [3.63, 3.8) is 0 Å². The molecule has 0 aliphatic rings. The second-order valence-corrected chi connectivity index (χ2v) is 5.06. The Morgan fingerprint density at radius 2 is 1.68 bits per heavy atom. The molecule has 22 heavy (non-hydrogen) atoms. The van der Waals surface area contributed by atoms with Crippen molar-refractivity contribution in [2.75, 3.05) is 0 Å². The Morgan fingerprint density at radius 3 is 2.18 bits per heavy atom. The smallest absolute Gasteiger partial charge is 0.545 e. The van der Waals surface area contributed by atoms with Gasteiger partial charge in [0.1, 0.15) is 11.5 Å². The van der Waals surface area contributed by atoms with E-state index in [1.807, 2.05) is 52.0 Å². The monoisotopic (exact) mass is 324 g/mol. The van der Waals surface area contributed by atoms with Crippen LogP contribution in [0.25, 0.3) is 6.08 Å². The van der Waals surface area contributed by atoms with Gasteiger partial charge in [-0.1, -0.05) is 36.0 Å². The van der Waals surface area contributed by atoms with E-state index in [4.69, 9.17) is 4.42 Å². The van der Waals surface area contributed by atoms with Gasteiger partial charge in [-0.25, -0.2) is 0 Å². The first-order valence-electron chi connectivity index (χ1n) is 6.80. The van der Waals surface area contributed by atoms with E-state index in [2.05, 4.69) is 0 Å². The van der Waals surface area contributed by atoms with Gasteiger partial charge in [0.15, 0.2) is 0 Å². The van der Waals surface area contributed by atoms with Gasteiger partial charge in [-0.3, -0.25) is 0 Å². The maximum Gasteiger partial charge on any atom is 1.00 e. The summed E-state index contributed by atoms with van der Waals surface area (Å²) in [6.45, 7) is 9.64. The van der Waals surface area contributed by atoms with Gasteiger partial charge in [-0.05, 0) is 51.8 Å². The second kappa shape index (κ2) is 10.2. The summed E-state index contributed by atoms with van der Waals surface area (Å²) in [5.74, 6) is 0.674. The van der Waals surface area contributed by atoms with Crippen molar-refractivity contribution in [2.45, 2.75) is 34.6 Å². The minimum Gasteiger partial charge on any atom is -0.545 e. The van der Waals surface area contributed by atoms with Crippen molar-refractivity contribution < 1.29 is 65.7 Å². The minimum absolute atomic E-state index is 0. The quantitative estimate of drug-likeness (QED) is 0.448. The molecule has 3 nitrogen and oxygen atoms in total. The first-order valence-corrected chi connectivity index (χ1v) is 6.80. The minimum atomic E-state index is -1.18. The van der Waals surface area contributed by atoms with E-state index >= 15 is 0 Å². The molecule has 4 heteroatoms. The third kappa shape index (κ3) is 7.07. The zero-order chi connectivity index (χ0) is 16.0. The molecule has 0 spiro atoms. The molecule has 0 atom stereocenters. The molecule has 0 aromatic carbocycles. The molecule has 0 saturated carbocycles. The fourth-order valence-corrected chi connectivity index (χ4v) is 1.91. The molecular weight excluding hydrogens is 303 g/mol. The van der Waals surface area contributed by atoms with Gasteiger partial charge in [0.25, 0.3) is 0 Å². The van der Waals surface area contributed by atoms with Crippen LogP contribution in [0.3, 0.4) is 0 Å². The number of aryl methyl sites for hydroxylation is 2. The van der Waals surface area contributed by atoms with Crippen molar-refractivity contribution >= 4 is 12.0 Å². The summed E-state index contributed by atoms with van der Waals surface area (Å²) < 4.78 is 5.57. The molecule has 0 aliphatic heterocycles. The van der Waals surface area contributed by atoms with Gasteiger partial charge in [0.05, 0.1) is 5.97 Å². The Labute approximate surface area is 174 Å². The SMILES string of the molecule is CC(/C=C/c1c(C)oc(C)c1C)=C\C=C\C(C)=C\C(=O)[O-].[K+]. The third-order valence-corrected chi connectivity index (χ3v) is 3.19. The standard InChI is InChI=1S/C18H22O3.K/c1-12(7-6-8-13(2)11-18(19)20)9-10-17-14(3)15(4)21-16(17)5;/h6-11H,1-5H3,(H,19,20);/q;+1/p-1/b8-6+,10-9+,12-7+,13-11+;. The summed E-state index contributed by atoms with van der Waals surface area (Å²) in [7, 11) is 0. The average molecular weight is 324 g/mol. The molecular formula is C18H21KO3. The first-order chi connectivity index (χ1) is 9.81. The summed E-state index contributed by atoms with van der Waals surface area (Å²) in [5, 5.41) is 10.4. The number of hydrogen-bond donors (Lipinski definition) is 0. The Hall–Kier alpha value is -0.654. The molecule has 0 fully saturated rings. The number of carboxylic acids is 1. The molecule has 1 aromatic rings. The van der Waals surface area contributed by atoms with Crippen molar-refractivity contribution in [1.29, 1.82) is 0 Å². The number of carbonyl (C=O) groups excluding carboxylic acids is 1. The molecule has 0 amide bonds. The maximum absolute atomic E-state index is 10.4. The van der Waals surface area contributed by atoms with Gasteiger partial charge in [0, 0.05) is 5.56 Å². The Kier molecular flexibility index (Phi) is 9.88. The Bertz CT molecular complexity index is 644. The second-order valence-electron chi connectivity index (χ2n) is 5.06. The van der Waals surface area contributed by atoms with E-state index < -0.39 is 5.97 Å². The van der Waals surface area contributed by atoms with Gasteiger partial charge < -0.3 is 14.3 Å². The van der Waals surface area contributed by atoms with Crippen LogP contribution in [0.1, 0.15) is 36.5 Å². The third-order valence-electron chi connectivity index (χ3n) is 3.19. The molecule has 0 unspecified atom stereocenters. The van der Waals surface area contributed by atoms with E-state index in [9.17, 15) is 9.90 Å².